The normalized spacial score (nSPS) is 11.7. The van der Waals surface area contributed by atoms with E-state index in [4.69, 9.17) is 21.1 Å². The molecule has 4 heteroatoms. The van der Waals surface area contributed by atoms with Crippen LogP contribution >= 0.6 is 11.6 Å². The summed E-state index contributed by atoms with van der Waals surface area (Å²) in [6.45, 7) is 3.78. The molecular formula is C23H21ClO3. The number of halogens is 1. The third-order valence-corrected chi connectivity index (χ3v) is 4.48. The Morgan fingerprint density at radius 3 is 2.00 bits per heavy atom. The fourth-order valence-corrected chi connectivity index (χ4v) is 2.88. The highest BCUT2D eigenvalue weighted by Crippen LogP contribution is 2.25. The van der Waals surface area contributed by atoms with Crippen molar-refractivity contribution in [3.8, 4) is 16.9 Å². The van der Waals surface area contributed by atoms with E-state index >= 15 is 0 Å². The molecule has 0 amide bonds. The van der Waals surface area contributed by atoms with Gasteiger partial charge in [-0.25, -0.2) is 0 Å². The standard InChI is InChI=1S/C23H21ClO3/c1-16(27-17(2)25)19-5-7-20(8-6-19)21-9-13-23(14-10-21)26-15-18-3-11-22(24)12-4-18/h3-14,16H,15H2,1-2H3. The molecule has 0 aliphatic carbocycles. The van der Waals surface area contributed by atoms with Gasteiger partial charge in [0.15, 0.2) is 0 Å². The molecular weight excluding hydrogens is 360 g/mol. The molecule has 0 bridgehead atoms. The predicted octanol–water partition coefficient (Wildman–Crippen LogP) is 6.21. The van der Waals surface area contributed by atoms with Gasteiger partial charge in [0.05, 0.1) is 0 Å². The van der Waals surface area contributed by atoms with Gasteiger partial charge in [-0.3, -0.25) is 4.79 Å². The maximum absolute atomic E-state index is 11.1. The van der Waals surface area contributed by atoms with Gasteiger partial charge in [0.2, 0.25) is 0 Å². The zero-order valence-corrected chi connectivity index (χ0v) is 16.1. The van der Waals surface area contributed by atoms with Crippen LogP contribution in [0.2, 0.25) is 5.02 Å². The minimum atomic E-state index is -0.277. The largest absolute Gasteiger partial charge is 0.489 e. The van der Waals surface area contributed by atoms with Gasteiger partial charge < -0.3 is 9.47 Å². The van der Waals surface area contributed by atoms with E-state index in [-0.39, 0.29) is 12.1 Å². The third-order valence-electron chi connectivity index (χ3n) is 4.23. The zero-order chi connectivity index (χ0) is 19.2. The molecule has 0 heterocycles. The molecule has 0 spiro atoms. The summed E-state index contributed by atoms with van der Waals surface area (Å²) in [6, 6.07) is 23.6. The van der Waals surface area contributed by atoms with Crippen molar-refractivity contribution < 1.29 is 14.3 Å². The van der Waals surface area contributed by atoms with E-state index < -0.39 is 0 Å². The zero-order valence-electron chi connectivity index (χ0n) is 15.3. The second-order valence-electron chi connectivity index (χ2n) is 6.31. The summed E-state index contributed by atoms with van der Waals surface area (Å²) in [5.41, 5.74) is 4.23. The maximum Gasteiger partial charge on any atom is 0.303 e. The summed E-state index contributed by atoms with van der Waals surface area (Å²) in [5.74, 6) is 0.537. The molecule has 1 atom stereocenters. The number of ether oxygens (including phenoxy) is 2. The first kappa shape index (κ1) is 19.0. The minimum absolute atomic E-state index is 0.250. The van der Waals surface area contributed by atoms with E-state index in [2.05, 4.69) is 0 Å². The number of hydrogen-bond acceptors (Lipinski definition) is 3. The number of carbonyl (C=O) groups is 1. The van der Waals surface area contributed by atoms with E-state index in [0.717, 1.165) is 33.0 Å². The quantitative estimate of drug-likeness (QED) is 0.477. The van der Waals surface area contributed by atoms with Crippen LogP contribution < -0.4 is 4.74 Å². The Kier molecular flexibility index (Phi) is 6.15. The average Bonchev–Trinajstić information content (AvgIpc) is 2.67. The van der Waals surface area contributed by atoms with Crippen molar-refractivity contribution in [2.24, 2.45) is 0 Å². The van der Waals surface area contributed by atoms with Crippen molar-refractivity contribution in [2.45, 2.75) is 26.6 Å². The smallest absolute Gasteiger partial charge is 0.303 e. The Hall–Kier alpha value is -2.78. The molecule has 3 nitrogen and oxygen atoms in total. The van der Waals surface area contributed by atoms with Crippen molar-refractivity contribution in [1.29, 1.82) is 0 Å². The van der Waals surface area contributed by atoms with E-state index in [1.165, 1.54) is 6.92 Å². The number of hydrogen-bond donors (Lipinski definition) is 0. The molecule has 1 unspecified atom stereocenters. The Balaban J connectivity index is 1.62. The molecule has 0 fully saturated rings. The van der Waals surface area contributed by atoms with Gasteiger partial charge in [0, 0.05) is 11.9 Å². The monoisotopic (exact) mass is 380 g/mol. The van der Waals surface area contributed by atoms with Crippen LogP contribution in [0, 0.1) is 0 Å². The molecule has 0 aliphatic rings. The Bertz CT molecular complexity index is 884. The molecule has 0 radical (unpaired) electrons. The second-order valence-corrected chi connectivity index (χ2v) is 6.75. The Labute approximate surface area is 164 Å². The fourth-order valence-electron chi connectivity index (χ4n) is 2.75. The average molecular weight is 381 g/mol. The first-order valence-corrected chi connectivity index (χ1v) is 9.14. The molecule has 0 saturated heterocycles. The van der Waals surface area contributed by atoms with Crippen LogP contribution in [-0.2, 0) is 16.1 Å². The summed E-state index contributed by atoms with van der Waals surface area (Å²) < 4.78 is 11.0. The highest BCUT2D eigenvalue weighted by Gasteiger charge is 2.08. The van der Waals surface area contributed by atoms with Gasteiger partial charge in [0.25, 0.3) is 0 Å². The van der Waals surface area contributed by atoms with Crippen LogP contribution in [0.5, 0.6) is 5.75 Å². The van der Waals surface area contributed by atoms with E-state index in [1.54, 1.807) is 0 Å². The summed E-state index contributed by atoms with van der Waals surface area (Å²) >= 11 is 5.89. The highest BCUT2D eigenvalue weighted by molar-refractivity contribution is 6.30. The molecule has 3 rings (SSSR count). The second kappa shape index (κ2) is 8.74. The van der Waals surface area contributed by atoms with Crippen LogP contribution in [0.1, 0.15) is 31.1 Å². The summed E-state index contributed by atoms with van der Waals surface area (Å²) in [7, 11) is 0. The van der Waals surface area contributed by atoms with Gasteiger partial charge in [0.1, 0.15) is 18.5 Å². The van der Waals surface area contributed by atoms with Gasteiger partial charge in [-0.05, 0) is 53.4 Å². The molecule has 0 N–H and O–H groups in total. The van der Waals surface area contributed by atoms with Gasteiger partial charge >= 0.3 is 5.97 Å². The molecule has 3 aromatic carbocycles. The number of carbonyl (C=O) groups excluding carboxylic acids is 1. The Morgan fingerprint density at radius 1 is 0.889 bits per heavy atom. The van der Waals surface area contributed by atoms with Gasteiger partial charge in [-0.15, -0.1) is 0 Å². The Morgan fingerprint density at radius 2 is 1.44 bits per heavy atom. The van der Waals surface area contributed by atoms with Crippen molar-refractivity contribution in [1.82, 2.24) is 0 Å². The van der Waals surface area contributed by atoms with Crippen LogP contribution in [0.3, 0.4) is 0 Å². The summed E-state index contributed by atoms with van der Waals surface area (Å²) in [6.07, 6.45) is -0.250. The molecule has 3 aromatic rings. The highest BCUT2D eigenvalue weighted by atomic mass is 35.5. The topological polar surface area (TPSA) is 35.5 Å². The van der Waals surface area contributed by atoms with Crippen molar-refractivity contribution >= 4 is 17.6 Å². The predicted molar refractivity (Wildman–Crippen MR) is 108 cm³/mol. The maximum atomic E-state index is 11.1. The van der Waals surface area contributed by atoms with Gasteiger partial charge in [-0.1, -0.05) is 60.1 Å². The van der Waals surface area contributed by atoms with E-state index in [1.807, 2.05) is 79.7 Å². The lowest BCUT2D eigenvalue weighted by Crippen LogP contribution is -2.04. The lowest BCUT2D eigenvalue weighted by atomic mass is 10.0. The molecule has 0 aliphatic heterocycles. The summed E-state index contributed by atoms with van der Waals surface area (Å²) in [4.78, 5) is 11.1. The van der Waals surface area contributed by atoms with Crippen molar-refractivity contribution in [3.05, 3.63) is 88.9 Å². The number of benzene rings is 3. The SMILES string of the molecule is CC(=O)OC(C)c1ccc(-c2ccc(OCc3ccc(Cl)cc3)cc2)cc1. The third kappa shape index (κ3) is 5.35. The summed E-state index contributed by atoms with van der Waals surface area (Å²) in [5, 5.41) is 0.719. The first-order valence-electron chi connectivity index (χ1n) is 8.76. The molecule has 0 saturated carbocycles. The van der Waals surface area contributed by atoms with Crippen LogP contribution in [0.25, 0.3) is 11.1 Å². The molecule has 138 valence electrons. The fraction of sp³-hybridized carbons (Fsp3) is 0.174. The van der Waals surface area contributed by atoms with Crippen LogP contribution in [0.4, 0.5) is 0 Å². The van der Waals surface area contributed by atoms with Crippen molar-refractivity contribution in [2.75, 3.05) is 0 Å². The van der Waals surface area contributed by atoms with Gasteiger partial charge in [-0.2, -0.15) is 0 Å². The van der Waals surface area contributed by atoms with Crippen LogP contribution in [0.15, 0.2) is 72.8 Å². The van der Waals surface area contributed by atoms with Crippen molar-refractivity contribution in [3.63, 3.8) is 0 Å². The lowest BCUT2D eigenvalue weighted by Gasteiger charge is -2.13. The molecule has 27 heavy (non-hydrogen) atoms. The van der Waals surface area contributed by atoms with E-state index in [0.29, 0.717) is 6.61 Å². The lowest BCUT2D eigenvalue weighted by molar-refractivity contribution is -0.145. The molecule has 0 aromatic heterocycles. The minimum Gasteiger partial charge on any atom is -0.489 e. The van der Waals surface area contributed by atoms with E-state index in [9.17, 15) is 4.79 Å². The first-order chi connectivity index (χ1) is 13.0. The van der Waals surface area contributed by atoms with Crippen LogP contribution in [-0.4, -0.2) is 5.97 Å². The number of rotatable bonds is 6. The number of esters is 1.